The van der Waals surface area contributed by atoms with E-state index >= 15 is 0 Å². The van der Waals surface area contributed by atoms with Crippen molar-refractivity contribution in [2.24, 2.45) is 0 Å². The number of hydrogen-bond acceptors (Lipinski definition) is 0. The molecule has 61 valence electrons. The number of hydrogen-bond donors (Lipinski definition) is 0. The van der Waals surface area contributed by atoms with E-state index in [9.17, 15) is 5.11 Å². The Hall–Kier alpha value is 0.920. The van der Waals surface area contributed by atoms with Gasteiger partial charge in [-0.1, -0.05) is 38.8 Å². The topological polar surface area (TPSA) is 19.9 Å². The second kappa shape index (κ2) is 4.07. The largest absolute Gasteiger partial charge is 0.233 e. The van der Waals surface area contributed by atoms with Gasteiger partial charge in [0.05, 0.1) is 6.10 Å². The van der Waals surface area contributed by atoms with E-state index in [0.717, 1.165) is 0 Å². The van der Waals surface area contributed by atoms with Gasteiger partial charge in [-0.2, -0.15) is 0 Å². The molecular weight excluding hydrogens is 260 g/mol. The van der Waals surface area contributed by atoms with Gasteiger partial charge < -0.3 is 0 Å². The second-order valence-electron chi connectivity index (χ2n) is 2.91. The molecule has 0 amide bonds. The molecule has 0 heterocycles. The van der Waals surface area contributed by atoms with Gasteiger partial charge in [-0.3, -0.25) is 0 Å². The molecule has 0 aromatic rings. The van der Waals surface area contributed by atoms with Crippen LogP contribution < -0.4 is 0 Å². The van der Waals surface area contributed by atoms with Crippen LogP contribution in [0.2, 0.25) is 0 Å². The summed E-state index contributed by atoms with van der Waals surface area (Å²) in [6.07, 6.45) is 0.156. The Morgan fingerprint density at radius 2 is 1.90 bits per heavy atom. The molecule has 0 aliphatic heterocycles. The van der Waals surface area contributed by atoms with Crippen molar-refractivity contribution >= 4 is 31.9 Å². The Morgan fingerprint density at radius 3 is 2.00 bits per heavy atom. The predicted octanol–water partition coefficient (Wildman–Crippen LogP) is 3.13. The summed E-state index contributed by atoms with van der Waals surface area (Å²) in [5.74, 6) is 0. The maximum atomic E-state index is 10.8. The van der Waals surface area contributed by atoms with E-state index in [-0.39, 0.29) is 4.32 Å². The molecule has 0 aliphatic carbocycles. The summed E-state index contributed by atoms with van der Waals surface area (Å²) in [4.78, 5) is 0.330. The fourth-order valence-electron chi connectivity index (χ4n) is 0.724. The minimum Gasteiger partial charge on any atom is -0.233 e. The van der Waals surface area contributed by atoms with Crippen LogP contribution in [0.25, 0.3) is 0 Å². The van der Waals surface area contributed by atoms with E-state index in [1.807, 2.05) is 13.8 Å². The summed E-state index contributed by atoms with van der Waals surface area (Å²) >= 11 is 6.94. The Bertz CT molecular complexity index is 99.8. The van der Waals surface area contributed by atoms with Crippen LogP contribution in [-0.4, -0.2) is 15.3 Å². The van der Waals surface area contributed by atoms with E-state index < -0.39 is 6.10 Å². The first-order valence-electron chi connectivity index (χ1n) is 3.35. The highest BCUT2D eigenvalue weighted by atomic mass is 79.9. The van der Waals surface area contributed by atoms with Gasteiger partial charge in [0.1, 0.15) is 0 Å². The molecule has 0 aromatic carbocycles. The fraction of sp³-hybridized carbons (Fsp3) is 1.00. The van der Waals surface area contributed by atoms with Gasteiger partial charge in [-0.05, 0) is 20.3 Å². The molecule has 1 nitrogen and oxygen atoms in total. The first-order chi connectivity index (χ1) is 4.36. The Morgan fingerprint density at radius 1 is 1.50 bits per heavy atom. The van der Waals surface area contributed by atoms with E-state index in [0.29, 0.717) is 11.2 Å². The van der Waals surface area contributed by atoms with Crippen molar-refractivity contribution in [1.29, 1.82) is 0 Å². The van der Waals surface area contributed by atoms with Crippen molar-refractivity contribution in [3.63, 3.8) is 0 Å². The van der Waals surface area contributed by atoms with E-state index in [1.165, 1.54) is 0 Å². The summed E-state index contributed by atoms with van der Waals surface area (Å²) in [5, 5.41) is 10.8. The lowest BCUT2D eigenvalue weighted by molar-refractivity contribution is 0.0899. The zero-order valence-electron chi connectivity index (χ0n) is 6.53. The van der Waals surface area contributed by atoms with Crippen molar-refractivity contribution in [3.05, 3.63) is 0 Å². The van der Waals surface area contributed by atoms with Crippen molar-refractivity contribution in [2.45, 2.75) is 42.4 Å². The zero-order chi connectivity index (χ0) is 8.36. The van der Waals surface area contributed by atoms with Crippen LogP contribution >= 0.6 is 31.9 Å². The highest BCUT2D eigenvalue weighted by Crippen LogP contribution is 2.32. The number of halogens is 2. The molecule has 0 spiro atoms. The van der Waals surface area contributed by atoms with Crippen LogP contribution in [0, 0.1) is 0 Å². The van der Waals surface area contributed by atoms with Crippen LogP contribution in [0.15, 0.2) is 0 Å². The third kappa shape index (κ3) is 3.94. The molecule has 3 heteroatoms. The Kier molecular flexibility index (Phi) is 4.45. The number of rotatable bonds is 3. The first kappa shape index (κ1) is 10.9. The molecule has 1 radical (unpaired) electrons. The lowest BCUT2D eigenvalue weighted by Crippen LogP contribution is -2.29. The normalized spacial score (nSPS) is 23.4. The van der Waals surface area contributed by atoms with E-state index in [4.69, 9.17) is 0 Å². The summed E-state index contributed by atoms with van der Waals surface area (Å²) in [7, 11) is 0. The molecule has 0 aliphatic rings. The van der Waals surface area contributed by atoms with Gasteiger partial charge in [0, 0.05) is 9.15 Å². The fourth-order valence-corrected chi connectivity index (χ4v) is 1.37. The van der Waals surface area contributed by atoms with Gasteiger partial charge in [-0.15, -0.1) is 0 Å². The van der Waals surface area contributed by atoms with Crippen LogP contribution in [0.1, 0.15) is 27.2 Å². The first-order valence-corrected chi connectivity index (χ1v) is 5.06. The van der Waals surface area contributed by atoms with E-state index in [2.05, 4.69) is 31.9 Å². The van der Waals surface area contributed by atoms with Crippen LogP contribution in [0.3, 0.4) is 0 Å². The average Bonchev–Trinajstić information content (AvgIpc) is 1.60. The molecule has 0 saturated carbocycles. The van der Waals surface area contributed by atoms with Gasteiger partial charge >= 0.3 is 0 Å². The molecule has 0 fully saturated rings. The van der Waals surface area contributed by atoms with Gasteiger partial charge in [0.25, 0.3) is 0 Å². The Labute approximate surface area is 79.5 Å². The summed E-state index contributed by atoms with van der Waals surface area (Å²) in [6.45, 7) is 5.76. The molecule has 10 heavy (non-hydrogen) atoms. The van der Waals surface area contributed by atoms with Crippen molar-refractivity contribution in [1.82, 2.24) is 0 Å². The third-order valence-corrected chi connectivity index (χ3v) is 4.15. The van der Waals surface area contributed by atoms with Crippen molar-refractivity contribution in [2.75, 3.05) is 0 Å². The molecule has 0 aromatic heterocycles. The average molecular weight is 273 g/mol. The quantitative estimate of drug-likeness (QED) is 0.704. The molecule has 0 rings (SSSR count). The van der Waals surface area contributed by atoms with Gasteiger partial charge in [0.15, 0.2) is 0 Å². The summed E-state index contributed by atoms with van der Waals surface area (Å²) < 4.78 is -0.0613. The van der Waals surface area contributed by atoms with Crippen LogP contribution in [0.4, 0.5) is 0 Å². The second-order valence-corrected chi connectivity index (χ2v) is 6.09. The van der Waals surface area contributed by atoms with E-state index in [1.54, 1.807) is 6.92 Å². The minimum atomic E-state index is -0.496. The molecule has 3 atom stereocenters. The standard InChI is InChI=1S/C7H13Br2O/c1-5(10)4-7(3,9)6(2)8/h5-6H,4H2,1-3H3. The lowest BCUT2D eigenvalue weighted by atomic mass is 10.0. The minimum absolute atomic E-state index is 0.0613. The SMILES string of the molecule is CC([O])CC(C)(Br)C(C)Br. The zero-order valence-corrected chi connectivity index (χ0v) is 9.70. The maximum Gasteiger partial charge on any atom is 0.0915 e. The molecule has 3 unspecified atom stereocenters. The predicted molar refractivity (Wildman–Crippen MR) is 50.5 cm³/mol. The molecule has 0 bridgehead atoms. The molecule has 0 saturated heterocycles. The molecular formula is C7H13Br2O. The van der Waals surface area contributed by atoms with Crippen LogP contribution in [0.5, 0.6) is 0 Å². The van der Waals surface area contributed by atoms with Crippen molar-refractivity contribution < 1.29 is 5.11 Å². The summed E-state index contributed by atoms with van der Waals surface area (Å²) in [5.41, 5.74) is 0. The lowest BCUT2D eigenvalue weighted by Gasteiger charge is -2.26. The maximum absolute atomic E-state index is 10.8. The monoisotopic (exact) mass is 271 g/mol. The van der Waals surface area contributed by atoms with Crippen molar-refractivity contribution in [3.8, 4) is 0 Å². The third-order valence-electron chi connectivity index (χ3n) is 1.52. The smallest absolute Gasteiger partial charge is 0.0915 e. The highest BCUT2D eigenvalue weighted by Gasteiger charge is 2.27. The Balaban J connectivity index is 3.87. The molecule has 0 N–H and O–H groups in total. The number of alkyl halides is 2. The van der Waals surface area contributed by atoms with Crippen LogP contribution in [-0.2, 0) is 5.11 Å². The summed E-state index contributed by atoms with van der Waals surface area (Å²) in [6, 6.07) is 0. The van der Waals surface area contributed by atoms with Gasteiger partial charge in [-0.25, -0.2) is 5.11 Å². The van der Waals surface area contributed by atoms with Gasteiger partial charge in [0.2, 0.25) is 0 Å². The highest BCUT2D eigenvalue weighted by molar-refractivity contribution is 9.12.